The van der Waals surface area contributed by atoms with Crippen LogP contribution in [0.3, 0.4) is 0 Å². The third-order valence-electron chi connectivity index (χ3n) is 3.40. The molecule has 0 unspecified atom stereocenters. The number of carboxylic acid groups (broad SMARTS) is 1. The maximum atomic E-state index is 11.2. The number of hydrogen-bond acceptors (Lipinski definition) is 4. The highest BCUT2D eigenvalue weighted by Crippen LogP contribution is 2.32. The van der Waals surface area contributed by atoms with Gasteiger partial charge in [-0.3, -0.25) is 0 Å². The molecule has 0 spiro atoms. The van der Waals surface area contributed by atoms with Crippen molar-refractivity contribution in [3.05, 3.63) is 17.1 Å². The SMILES string of the molecule is CCCN(CC1CC1)c1nc(C)nc(C(=O)O)c1C. The normalized spacial score (nSPS) is 14.5. The molecule has 5 heteroatoms. The average molecular weight is 263 g/mol. The van der Waals surface area contributed by atoms with Gasteiger partial charge < -0.3 is 10.0 Å². The highest BCUT2D eigenvalue weighted by Gasteiger charge is 2.26. The Bertz CT molecular complexity index is 484. The highest BCUT2D eigenvalue weighted by atomic mass is 16.4. The minimum atomic E-state index is -0.980. The Morgan fingerprint density at radius 2 is 2.05 bits per heavy atom. The number of carboxylic acids is 1. The molecular formula is C14H21N3O2. The van der Waals surface area contributed by atoms with Crippen molar-refractivity contribution in [1.82, 2.24) is 9.97 Å². The molecule has 0 bridgehead atoms. The van der Waals surface area contributed by atoms with Crippen LogP contribution in [-0.2, 0) is 0 Å². The van der Waals surface area contributed by atoms with E-state index in [-0.39, 0.29) is 5.69 Å². The molecule has 0 aromatic carbocycles. The zero-order chi connectivity index (χ0) is 14.0. The number of nitrogens with zero attached hydrogens (tertiary/aromatic N) is 3. The lowest BCUT2D eigenvalue weighted by molar-refractivity contribution is 0.0689. The lowest BCUT2D eigenvalue weighted by Crippen LogP contribution is -2.29. The fourth-order valence-electron chi connectivity index (χ4n) is 2.30. The second-order valence-corrected chi connectivity index (χ2v) is 5.26. The number of aromatic carboxylic acids is 1. The van der Waals surface area contributed by atoms with E-state index < -0.39 is 5.97 Å². The number of anilines is 1. The third-order valence-corrected chi connectivity index (χ3v) is 3.40. The van der Waals surface area contributed by atoms with Crippen LogP contribution in [0, 0.1) is 19.8 Å². The van der Waals surface area contributed by atoms with Crippen LogP contribution in [0.2, 0.25) is 0 Å². The Labute approximate surface area is 113 Å². The number of hydrogen-bond donors (Lipinski definition) is 1. The lowest BCUT2D eigenvalue weighted by atomic mass is 10.2. The first-order valence-electron chi connectivity index (χ1n) is 6.86. The molecular weight excluding hydrogens is 242 g/mol. The molecule has 1 aliphatic rings. The van der Waals surface area contributed by atoms with Crippen molar-refractivity contribution in [3.63, 3.8) is 0 Å². The Hall–Kier alpha value is -1.65. The first-order chi connectivity index (χ1) is 9.02. The molecule has 5 nitrogen and oxygen atoms in total. The van der Waals surface area contributed by atoms with Crippen LogP contribution in [0.15, 0.2) is 0 Å². The quantitative estimate of drug-likeness (QED) is 0.853. The summed E-state index contributed by atoms with van der Waals surface area (Å²) in [5.74, 6) is 1.08. The minimum absolute atomic E-state index is 0.124. The van der Waals surface area contributed by atoms with Gasteiger partial charge in [0.2, 0.25) is 0 Å². The van der Waals surface area contributed by atoms with E-state index in [1.807, 2.05) is 0 Å². The first-order valence-corrected chi connectivity index (χ1v) is 6.86. The molecule has 19 heavy (non-hydrogen) atoms. The standard InChI is InChI=1S/C14H21N3O2/c1-4-7-17(8-11-5-6-11)13-9(2)12(14(18)19)15-10(3)16-13/h11H,4-8H2,1-3H3,(H,18,19). The zero-order valence-electron chi connectivity index (χ0n) is 11.8. The molecule has 1 saturated carbocycles. The summed E-state index contributed by atoms with van der Waals surface area (Å²) in [7, 11) is 0. The summed E-state index contributed by atoms with van der Waals surface area (Å²) in [5, 5.41) is 9.21. The highest BCUT2D eigenvalue weighted by molar-refractivity contribution is 5.88. The number of aromatic nitrogens is 2. The third kappa shape index (κ3) is 3.22. The fourth-order valence-corrected chi connectivity index (χ4v) is 2.30. The topological polar surface area (TPSA) is 66.3 Å². The number of aryl methyl sites for hydroxylation is 1. The predicted octanol–water partition coefficient (Wildman–Crippen LogP) is 2.42. The number of rotatable bonds is 6. The largest absolute Gasteiger partial charge is 0.476 e. The molecule has 0 saturated heterocycles. The number of carbonyl (C=O) groups is 1. The Morgan fingerprint density at radius 1 is 1.37 bits per heavy atom. The molecule has 0 aliphatic heterocycles. The van der Waals surface area contributed by atoms with E-state index >= 15 is 0 Å². The van der Waals surface area contributed by atoms with Gasteiger partial charge in [0.05, 0.1) is 0 Å². The summed E-state index contributed by atoms with van der Waals surface area (Å²) in [5.41, 5.74) is 0.798. The van der Waals surface area contributed by atoms with Gasteiger partial charge in [0.25, 0.3) is 0 Å². The average Bonchev–Trinajstić information content (AvgIpc) is 3.15. The van der Waals surface area contributed by atoms with Crippen molar-refractivity contribution < 1.29 is 9.90 Å². The van der Waals surface area contributed by atoms with E-state index in [1.165, 1.54) is 12.8 Å². The fraction of sp³-hybridized carbons (Fsp3) is 0.643. The molecule has 1 fully saturated rings. The molecule has 1 N–H and O–H groups in total. The van der Waals surface area contributed by atoms with Crippen LogP contribution in [0.4, 0.5) is 5.82 Å². The van der Waals surface area contributed by atoms with Crippen LogP contribution in [-0.4, -0.2) is 34.1 Å². The van der Waals surface area contributed by atoms with E-state index in [1.54, 1.807) is 13.8 Å². The van der Waals surface area contributed by atoms with Gasteiger partial charge in [-0.05, 0) is 39.0 Å². The predicted molar refractivity (Wildman–Crippen MR) is 73.7 cm³/mol. The van der Waals surface area contributed by atoms with Gasteiger partial charge in [-0.2, -0.15) is 0 Å². The van der Waals surface area contributed by atoms with Gasteiger partial charge >= 0.3 is 5.97 Å². The minimum Gasteiger partial charge on any atom is -0.476 e. The van der Waals surface area contributed by atoms with Gasteiger partial charge in [0, 0.05) is 18.7 Å². The second-order valence-electron chi connectivity index (χ2n) is 5.26. The van der Waals surface area contributed by atoms with Gasteiger partial charge in [-0.25, -0.2) is 14.8 Å². The van der Waals surface area contributed by atoms with Crippen LogP contribution in [0.5, 0.6) is 0 Å². The van der Waals surface area contributed by atoms with Crippen LogP contribution in [0.25, 0.3) is 0 Å². The second kappa shape index (κ2) is 5.55. The van der Waals surface area contributed by atoms with Crippen molar-refractivity contribution in [2.24, 2.45) is 5.92 Å². The smallest absolute Gasteiger partial charge is 0.354 e. The Morgan fingerprint density at radius 3 is 2.58 bits per heavy atom. The van der Waals surface area contributed by atoms with Crippen LogP contribution >= 0.6 is 0 Å². The molecule has 1 aromatic heterocycles. The molecule has 1 aliphatic carbocycles. The summed E-state index contributed by atoms with van der Waals surface area (Å²) in [6, 6.07) is 0. The summed E-state index contributed by atoms with van der Waals surface area (Å²) in [6.07, 6.45) is 3.57. The monoisotopic (exact) mass is 263 g/mol. The van der Waals surface area contributed by atoms with E-state index in [4.69, 9.17) is 0 Å². The van der Waals surface area contributed by atoms with Gasteiger partial charge in [-0.15, -0.1) is 0 Å². The first kappa shape index (κ1) is 13.8. The van der Waals surface area contributed by atoms with Crippen LogP contribution in [0.1, 0.15) is 48.1 Å². The van der Waals surface area contributed by atoms with Gasteiger partial charge in [0.15, 0.2) is 5.69 Å². The van der Waals surface area contributed by atoms with E-state index in [0.29, 0.717) is 11.4 Å². The summed E-state index contributed by atoms with van der Waals surface area (Å²) >= 11 is 0. The summed E-state index contributed by atoms with van der Waals surface area (Å²) in [6.45, 7) is 7.56. The van der Waals surface area contributed by atoms with Crippen molar-refractivity contribution in [1.29, 1.82) is 0 Å². The van der Waals surface area contributed by atoms with Crippen LogP contribution < -0.4 is 4.90 Å². The van der Waals surface area contributed by atoms with E-state index in [2.05, 4.69) is 21.8 Å². The van der Waals surface area contributed by atoms with Gasteiger partial charge in [-0.1, -0.05) is 6.92 Å². The van der Waals surface area contributed by atoms with Crippen molar-refractivity contribution in [2.75, 3.05) is 18.0 Å². The van der Waals surface area contributed by atoms with Crippen molar-refractivity contribution >= 4 is 11.8 Å². The van der Waals surface area contributed by atoms with E-state index in [9.17, 15) is 9.90 Å². The molecule has 2 rings (SSSR count). The van der Waals surface area contributed by atoms with Crippen molar-refractivity contribution in [3.8, 4) is 0 Å². The van der Waals surface area contributed by atoms with E-state index in [0.717, 1.165) is 31.2 Å². The Balaban J connectivity index is 2.36. The summed E-state index contributed by atoms with van der Waals surface area (Å²) in [4.78, 5) is 21.9. The maximum absolute atomic E-state index is 11.2. The molecule has 1 aromatic rings. The molecule has 1 heterocycles. The molecule has 0 amide bonds. The van der Waals surface area contributed by atoms with Crippen molar-refractivity contribution in [2.45, 2.75) is 40.0 Å². The molecule has 104 valence electrons. The maximum Gasteiger partial charge on any atom is 0.354 e. The van der Waals surface area contributed by atoms with Gasteiger partial charge in [0.1, 0.15) is 11.6 Å². The summed E-state index contributed by atoms with van der Waals surface area (Å²) < 4.78 is 0. The zero-order valence-corrected chi connectivity index (χ0v) is 11.8. The lowest BCUT2D eigenvalue weighted by Gasteiger charge is -2.25. The molecule has 0 atom stereocenters. The Kier molecular flexibility index (Phi) is 4.02. The molecule has 0 radical (unpaired) electrons.